The molecule has 1 nitrogen and oxygen atoms in total. The predicted molar refractivity (Wildman–Crippen MR) is 67.9 cm³/mol. The van der Waals surface area contributed by atoms with E-state index in [2.05, 4.69) is 53.8 Å². The van der Waals surface area contributed by atoms with Gasteiger partial charge in [-0.25, -0.2) is 0 Å². The average Bonchev–Trinajstić information content (AvgIpc) is 2.28. The Kier molecular flexibility index (Phi) is 3.86. The van der Waals surface area contributed by atoms with Gasteiger partial charge in [0, 0.05) is 5.54 Å². The van der Waals surface area contributed by atoms with Crippen molar-refractivity contribution < 1.29 is 0 Å². The number of rotatable bonds is 2. The molecule has 1 N–H and O–H groups in total. The fourth-order valence-corrected chi connectivity index (χ4v) is 3.01. The molecule has 1 rings (SSSR count). The molecule has 1 fully saturated rings. The SMILES string of the molecule is CC1C(C)C(C)C(CNC(C)(C)C)C1C. The van der Waals surface area contributed by atoms with Crippen LogP contribution in [-0.2, 0) is 0 Å². The van der Waals surface area contributed by atoms with Gasteiger partial charge in [0.15, 0.2) is 0 Å². The van der Waals surface area contributed by atoms with E-state index >= 15 is 0 Å². The summed E-state index contributed by atoms with van der Waals surface area (Å²) in [7, 11) is 0. The van der Waals surface area contributed by atoms with Gasteiger partial charge in [0.05, 0.1) is 0 Å². The summed E-state index contributed by atoms with van der Waals surface area (Å²) in [5, 5.41) is 3.67. The van der Waals surface area contributed by atoms with Gasteiger partial charge in [-0.15, -0.1) is 0 Å². The lowest BCUT2D eigenvalue weighted by atomic mass is 9.88. The summed E-state index contributed by atoms with van der Waals surface area (Å²) < 4.78 is 0. The summed E-state index contributed by atoms with van der Waals surface area (Å²) >= 11 is 0. The van der Waals surface area contributed by atoms with Crippen LogP contribution in [0.25, 0.3) is 0 Å². The van der Waals surface area contributed by atoms with Crippen LogP contribution < -0.4 is 5.32 Å². The highest BCUT2D eigenvalue weighted by Crippen LogP contribution is 2.45. The summed E-state index contributed by atoms with van der Waals surface area (Å²) in [6, 6.07) is 0. The summed E-state index contributed by atoms with van der Waals surface area (Å²) in [4.78, 5) is 0. The van der Waals surface area contributed by atoms with Gasteiger partial charge in [0.25, 0.3) is 0 Å². The molecule has 1 saturated carbocycles. The molecule has 0 aromatic heterocycles. The van der Waals surface area contributed by atoms with Gasteiger partial charge in [-0.1, -0.05) is 27.7 Å². The van der Waals surface area contributed by atoms with Gasteiger partial charge >= 0.3 is 0 Å². The van der Waals surface area contributed by atoms with Gasteiger partial charge in [-0.3, -0.25) is 0 Å². The highest BCUT2D eigenvalue weighted by Gasteiger charge is 2.41. The second-order valence-electron chi connectivity index (χ2n) is 6.73. The summed E-state index contributed by atoms with van der Waals surface area (Å²) in [5.74, 6) is 4.35. The third-order valence-electron chi connectivity index (χ3n) is 4.71. The van der Waals surface area contributed by atoms with Gasteiger partial charge in [0.2, 0.25) is 0 Å². The molecule has 0 aliphatic heterocycles. The molecule has 4 unspecified atom stereocenters. The quantitative estimate of drug-likeness (QED) is 0.736. The largest absolute Gasteiger partial charge is 0.312 e. The van der Waals surface area contributed by atoms with E-state index in [-0.39, 0.29) is 5.54 Å². The monoisotopic (exact) mass is 211 g/mol. The molecular weight excluding hydrogens is 182 g/mol. The molecule has 0 bridgehead atoms. The van der Waals surface area contributed by atoms with Crippen LogP contribution in [0.3, 0.4) is 0 Å². The summed E-state index contributed by atoms with van der Waals surface area (Å²) in [5.41, 5.74) is 0.258. The molecule has 0 saturated heterocycles. The van der Waals surface area contributed by atoms with Crippen molar-refractivity contribution in [1.29, 1.82) is 0 Å². The van der Waals surface area contributed by atoms with Gasteiger partial charge < -0.3 is 5.32 Å². The standard InChI is InChI=1S/C14H29N/c1-9-10(2)12(4)13(11(9)3)8-15-14(5,6)7/h9-13,15H,8H2,1-7H3. The molecular formula is C14H29N. The zero-order chi connectivity index (χ0) is 11.8. The molecule has 0 amide bonds. The van der Waals surface area contributed by atoms with Crippen LogP contribution in [0.4, 0.5) is 0 Å². The molecule has 1 heteroatoms. The maximum absolute atomic E-state index is 3.67. The Balaban J connectivity index is 2.55. The van der Waals surface area contributed by atoms with E-state index in [1.807, 2.05) is 0 Å². The maximum atomic E-state index is 3.67. The van der Waals surface area contributed by atoms with Crippen molar-refractivity contribution in [2.45, 2.75) is 54.0 Å². The minimum Gasteiger partial charge on any atom is -0.312 e. The highest BCUT2D eigenvalue weighted by molar-refractivity contribution is 4.91. The lowest BCUT2D eigenvalue weighted by Gasteiger charge is -2.28. The highest BCUT2D eigenvalue weighted by atomic mass is 14.9. The van der Waals surface area contributed by atoms with Gasteiger partial charge in [0.1, 0.15) is 0 Å². The van der Waals surface area contributed by atoms with E-state index in [9.17, 15) is 0 Å². The Morgan fingerprint density at radius 1 is 0.800 bits per heavy atom. The zero-order valence-corrected chi connectivity index (χ0v) is 11.6. The Morgan fingerprint density at radius 3 is 1.53 bits per heavy atom. The van der Waals surface area contributed by atoms with Crippen molar-refractivity contribution in [3.05, 3.63) is 0 Å². The average molecular weight is 211 g/mol. The normalized spacial score (nSPS) is 42.2. The first-order valence-corrected chi connectivity index (χ1v) is 6.49. The molecule has 4 atom stereocenters. The third-order valence-corrected chi connectivity index (χ3v) is 4.71. The van der Waals surface area contributed by atoms with Gasteiger partial charge in [-0.2, -0.15) is 0 Å². The minimum absolute atomic E-state index is 0.258. The second-order valence-corrected chi connectivity index (χ2v) is 6.73. The van der Waals surface area contributed by atoms with Crippen LogP contribution in [0, 0.1) is 29.6 Å². The third kappa shape index (κ3) is 2.96. The van der Waals surface area contributed by atoms with Crippen molar-refractivity contribution in [2.75, 3.05) is 6.54 Å². The Labute approximate surface area is 96.0 Å². The fraction of sp³-hybridized carbons (Fsp3) is 1.00. The van der Waals surface area contributed by atoms with Crippen LogP contribution in [0.15, 0.2) is 0 Å². The van der Waals surface area contributed by atoms with Crippen LogP contribution in [0.2, 0.25) is 0 Å². The Hall–Kier alpha value is -0.0400. The first-order chi connectivity index (χ1) is 6.74. The van der Waals surface area contributed by atoms with Crippen LogP contribution in [0.5, 0.6) is 0 Å². The number of hydrogen-bond donors (Lipinski definition) is 1. The molecule has 1 aliphatic carbocycles. The van der Waals surface area contributed by atoms with Crippen molar-refractivity contribution >= 4 is 0 Å². The van der Waals surface area contributed by atoms with Crippen LogP contribution in [-0.4, -0.2) is 12.1 Å². The van der Waals surface area contributed by atoms with Crippen LogP contribution in [0.1, 0.15) is 48.5 Å². The zero-order valence-electron chi connectivity index (χ0n) is 11.6. The van der Waals surface area contributed by atoms with Crippen LogP contribution >= 0.6 is 0 Å². The molecule has 1 aliphatic rings. The summed E-state index contributed by atoms with van der Waals surface area (Å²) in [6.45, 7) is 17.6. The van der Waals surface area contributed by atoms with Crippen molar-refractivity contribution in [3.63, 3.8) is 0 Å². The molecule has 0 radical (unpaired) electrons. The lowest BCUT2D eigenvalue weighted by Crippen LogP contribution is -2.41. The van der Waals surface area contributed by atoms with E-state index in [0.717, 1.165) is 29.6 Å². The predicted octanol–water partition coefficient (Wildman–Crippen LogP) is 3.55. The van der Waals surface area contributed by atoms with E-state index in [1.165, 1.54) is 6.54 Å². The smallest absolute Gasteiger partial charge is 0.00966 e. The first kappa shape index (κ1) is 13.0. The Bertz CT molecular complexity index is 190. The van der Waals surface area contributed by atoms with E-state index < -0.39 is 0 Å². The lowest BCUT2D eigenvalue weighted by molar-refractivity contribution is 0.273. The molecule has 90 valence electrons. The minimum atomic E-state index is 0.258. The van der Waals surface area contributed by atoms with Gasteiger partial charge in [-0.05, 0) is 56.9 Å². The number of hydrogen-bond acceptors (Lipinski definition) is 1. The molecule has 0 spiro atoms. The molecule has 0 aromatic rings. The number of nitrogens with one attached hydrogen (secondary N) is 1. The summed E-state index contributed by atoms with van der Waals surface area (Å²) in [6.07, 6.45) is 0. The molecule has 15 heavy (non-hydrogen) atoms. The fourth-order valence-electron chi connectivity index (χ4n) is 3.01. The van der Waals surface area contributed by atoms with Crippen molar-refractivity contribution in [1.82, 2.24) is 5.32 Å². The maximum Gasteiger partial charge on any atom is 0.00966 e. The molecule has 0 aromatic carbocycles. The molecule has 0 heterocycles. The second kappa shape index (κ2) is 4.45. The van der Waals surface area contributed by atoms with E-state index in [1.54, 1.807) is 0 Å². The van der Waals surface area contributed by atoms with E-state index in [4.69, 9.17) is 0 Å². The topological polar surface area (TPSA) is 12.0 Å². The van der Waals surface area contributed by atoms with Crippen molar-refractivity contribution in [3.8, 4) is 0 Å². The first-order valence-electron chi connectivity index (χ1n) is 6.49. The van der Waals surface area contributed by atoms with Crippen molar-refractivity contribution in [2.24, 2.45) is 29.6 Å². The Morgan fingerprint density at radius 2 is 1.20 bits per heavy atom. The van der Waals surface area contributed by atoms with E-state index in [0.29, 0.717) is 0 Å².